The Hall–Kier alpha value is -1.62. The van der Waals surface area contributed by atoms with Gasteiger partial charge < -0.3 is 9.67 Å². The monoisotopic (exact) mass is 234 g/mol. The van der Waals surface area contributed by atoms with Gasteiger partial charge in [-0.1, -0.05) is 0 Å². The Bertz CT molecular complexity index is 474. The molecule has 92 valence electrons. The molecule has 17 heavy (non-hydrogen) atoms. The van der Waals surface area contributed by atoms with E-state index >= 15 is 0 Å². The molecule has 5 nitrogen and oxygen atoms in total. The smallest absolute Gasteiger partial charge is 0.0959 e. The number of rotatable bonds is 5. The maximum Gasteiger partial charge on any atom is 0.0959 e. The largest absolute Gasteiger partial charge is 0.387 e. The summed E-state index contributed by atoms with van der Waals surface area (Å²) < 4.78 is 3.74. The van der Waals surface area contributed by atoms with Gasteiger partial charge in [0.15, 0.2) is 0 Å². The van der Waals surface area contributed by atoms with Crippen molar-refractivity contribution in [1.82, 2.24) is 19.3 Å². The fraction of sp³-hybridized carbons (Fsp3) is 0.500. The molecule has 0 aromatic carbocycles. The fourth-order valence-corrected chi connectivity index (χ4v) is 1.92. The zero-order valence-corrected chi connectivity index (χ0v) is 10.2. The van der Waals surface area contributed by atoms with Gasteiger partial charge in [-0.3, -0.25) is 4.68 Å². The summed E-state index contributed by atoms with van der Waals surface area (Å²) in [6, 6.07) is 0. The quantitative estimate of drug-likeness (QED) is 0.848. The van der Waals surface area contributed by atoms with Gasteiger partial charge in [0.2, 0.25) is 0 Å². The van der Waals surface area contributed by atoms with E-state index in [9.17, 15) is 5.11 Å². The van der Waals surface area contributed by atoms with Crippen LogP contribution in [0.1, 0.15) is 30.7 Å². The van der Waals surface area contributed by atoms with E-state index in [0.29, 0.717) is 6.42 Å². The average Bonchev–Trinajstić information content (AvgIpc) is 2.94. The molecule has 1 atom stereocenters. The van der Waals surface area contributed by atoms with Crippen LogP contribution >= 0.6 is 0 Å². The highest BCUT2D eigenvalue weighted by atomic mass is 16.3. The van der Waals surface area contributed by atoms with Crippen LogP contribution in [-0.4, -0.2) is 24.4 Å². The second kappa shape index (κ2) is 5.14. The summed E-state index contributed by atoms with van der Waals surface area (Å²) in [5.74, 6) is 0. The number of aryl methyl sites for hydroxylation is 3. The highest BCUT2D eigenvalue weighted by Gasteiger charge is 2.12. The van der Waals surface area contributed by atoms with Crippen LogP contribution in [0, 0.1) is 0 Å². The van der Waals surface area contributed by atoms with Gasteiger partial charge in [0.25, 0.3) is 0 Å². The normalized spacial score (nSPS) is 12.9. The van der Waals surface area contributed by atoms with E-state index in [2.05, 4.69) is 10.1 Å². The number of hydrogen-bond donors (Lipinski definition) is 1. The molecule has 0 amide bonds. The molecule has 0 saturated heterocycles. The Morgan fingerprint density at radius 2 is 2.24 bits per heavy atom. The first-order chi connectivity index (χ1) is 8.20. The lowest BCUT2D eigenvalue weighted by Crippen LogP contribution is -2.06. The van der Waals surface area contributed by atoms with Crippen LogP contribution in [0.2, 0.25) is 0 Å². The third-order valence-corrected chi connectivity index (χ3v) is 2.89. The molecule has 0 radical (unpaired) electrons. The molecule has 2 rings (SSSR count). The molecule has 0 saturated carbocycles. The Morgan fingerprint density at radius 3 is 2.88 bits per heavy atom. The topological polar surface area (TPSA) is 55.9 Å². The summed E-state index contributed by atoms with van der Waals surface area (Å²) in [6.45, 7) is 2.87. The molecule has 0 aliphatic heterocycles. The summed E-state index contributed by atoms with van der Waals surface area (Å²) in [5, 5.41) is 14.2. The molecule has 2 aromatic heterocycles. The van der Waals surface area contributed by atoms with Crippen LogP contribution in [0.5, 0.6) is 0 Å². The van der Waals surface area contributed by atoms with Gasteiger partial charge >= 0.3 is 0 Å². The Kier molecular flexibility index (Phi) is 3.58. The van der Waals surface area contributed by atoms with Crippen molar-refractivity contribution in [2.75, 3.05) is 0 Å². The van der Waals surface area contributed by atoms with E-state index in [-0.39, 0.29) is 0 Å². The van der Waals surface area contributed by atoms with E-state index < -0.39 is 6.10 Å². The second-order valence-corrected chi connectivity index (χ2v) is 4.18. The van der Waals surface area contributed by atoms with Crippen molar-refractivity contribution >= 4 is 0 Å². The minimum Gasteiger partial charge on any atom is -0.387 e. The SMILES string of the molecule is CCn1cncc1C(O)CCc1cnn(C)c1. The second-order valence-electron chi connectivity index (χ2n) is 4.18. The summed E-state index contributed by atoms with van der Waals surface area (Å²) >= 11 is 0. The maximum atomic E-state index is 10.1. The van der Waals surface area contributed by atoms with Gasteiger partial charge in [-0.25, -0.2) is 4.98 Å². The van der Waals surface area contributed by atoms with Crippen molar-refractivity contribution in [3.05, 3.63) is 36.2 Å². The average molecular weight is 234 g/mol. The van der Waals surface area contributed by atoms with E-state index in [0.717, 1.165) is 24.2 Å². The lowest BCUT2D eigenvalue weighted by molar-refractivity contribution is 0.158. The van der Waals surface area contributed by atoms with E-state index in [1.165, 1.54) is 0 Å². The maximum absolute atomic E-state index is 10.1. The third-order valence-electron chi connectivity index (χ3n) is 2.89. The lowest BCUT2D eigenvalue weighted by Gasteiger charge is -2.11. The van der Waals surface area contributed by atoms with Gasteiger partial charge in [0, 0.05) is 19.8 Å². The number of imidazole rings is 1. The standard InChI is InChI=1S/C12H18N4O/c1-3-16-9-13-7-11(16)12(17)5-4-10-6-14-15(2)8-10/h6-9,12,17H,3-5H2,1-2H3. The van der Waals surface area contributed by atoms with Gasteiger partial charge in [-0.2, -0.15) is 5.10 Å². The zero-order valence-electron chi connectivity index (χ0n) is 10.2. The molecular weight excluding hydrogens is 216 g/mol. The number of nitrogens with zero attached hydrogens (tertiary/aromatic N) is 4. The van der Waals surface area contributed by atoms with E-state index in [4.69, 9.17) is 0 Å². The number of aliphatic hydroxyl groups is 1. The van der Waals surface area contributed by atoms with Crippen LogP contribution in [-0.2, 0) is 20.0 Å². The van der Waals surface area contributed by atoms with Crippen molar-refractivity contribution in [3.8, 4) is 0 Å². The predicted octanol–water partition coefficient (Wildman–Crippen LogP) is 1.30. The molecule has 0 spiro atoms. The van der Waals surface area contributed by atoms with Gasteiger partial charge in [0.1, 0.15) is 0 Å². The molecule has 0 bridgehead atoms. The van der Waals surface area contributed by atoms with Crippen molar-refractivity contribution < 1.29 is 5.11 Å². The third kappa shape index (κ3) is 2.74. The molecule has 2 aromatic rings. The van der Waals surface area contributed by atoms with Crippen molar-refractivity contribution in [1.29, 1.82) is 0 Å². The fourth-order valence-electron chi connectivity index (χ4n) is 1.92. The van der Waals surface area contributed by atoms with Gasteiger partial charge in [-0.05, 0) is 25.3 Å². The van der Waals surface area contributed by atoms with Crippen LogP contribution < -0.4 is 0 Å². The predicted molar refractivity (Wildman–Crippen MR) is 64.4 cm³/mol. The molecule has 0 fully saturated rings. The molecule has 1 N–H and O–H groups in total. The van der Waals surface area contributed by atoms with Crippen molar-refractivity contribution in [3.63, 3.8) is 0 Å². The minimum atomic E-state index is -0.461. The summed E-state index contributed by atoms with van der Waals surface area (Å²) in [5.41, 5.74) is 2.03. The Labute approximate surface area is 101 Å². The number of aromatic nitrogens is 4. The molecule has 0 aliphatic rings. The van der Waals surface area contributed by atoms with Crippen LogP contribution in [0.4, 0.5) is 0 Å². The molecule has 1 unspecified atom stereocenters. The van der Waals surface area contributed by atoms with Crippen LogP contribution in [0.15, 0.2) is 24.9 Å². The first-order valence-corrected chi connectivity index (χ1v) is 5.86. The summed E-state index contributed by atoms with van der Waals surface area (Å²) in [7, 11) is 1.89. The van der Waals surface area contributed by atoms with Gasteiger partial charge in [-0.15, -0.1) is 0 Å². The Morgan fingerprint density at radius 1 is 1.41 bits per heavy atom. The molecule has 2 heterocycles. The highest BCUT2D eigenvalue weighted by Crippen LogP contribution is 2.18. The molecular formula is C12H18N4O. The minimum absolute atomic E-state index is 0.461. The number of aliphatic hydroxyl groups excluding tert-OH is 1. The molecule has 5 heteroatoms. The van der Waals surface area contributed by atoms with E-state index in [1.54, 1.807) is 17.2 Å². The Balaban J connectivity index is 1.95. The first-order valence-electron chi connectivity index (χ1n) is 5.86. The first kappa shape index (κ1) is 11.9. The summed E-state index contributed by atoms with van der Waals surface area (Å²) in [6.07, 6.45) is 8.35. The highest BCUT2D eigenvalue weighted by molar-refractivity contribution is 5.07. The van der Waals surface area contributed by atoms with Crippen molar-refractivity contribution in [2.24, 2.45) is 7.05 Å². The van der Waals surface area contributed by atoms with Crippen molar-refractivity contribution in [2.45, 2.75) is 32.4 Å². The van der Waals surface area contributed by atoms with Crippen LogP contribution in [0.3, 0.4) is 0 Å². The molecule has 0 aliphatic carbocycles. The summed E-state index contributed by atoms with van der Waals surface area (Å²) in [4.78, 5) is 4.06. The van der Waals surface area contributed by atoms with Gasteiger partial charge in [0.05, 0.1) is 30.5 Å². The lowest BCUT2D eigenvalue weighted by atomic mass is 10.1. The number of hydrogen-bond acceptors (Lipinski definition) is 3. The van der Waals surface area contributed by atoms with E-state index in [1.807, 2.05) is 30.9 Å². The van der Waals surface area contributed by atoms with Crippen LogP contribution in [0.25, 0.3) is 0 Å². The zero-order chi connectivity index (χ0) is 12.3.